The van der Waals surface area contributed by atoms with E-state index in [4.69, 9.17) is 4.74 Å². The van der Waals surface area contributed by atoms with Gasteiger partial charge in [-0.15, -0.1) is 0 Å². The number of thiophene rings is 1. The van der Waals surface area contributed by atoms with Crippen molar-refractivity contribution in [2.75, 3.05) is 12.9 Å². The molecule has 3 rings (SSSR count). The van der Waals surface area contributed by atoms with E-state index >= 15 is 0 Å². The monoisotopic (exact) mass is 358 g/mol. The first-order chi connectivity index (χ1) is 11.5. The number of rotatable bonds is 5. The first kappa shape index (κ1) is 16.7. The van der Waals surface area contributed by atoms with Gasteiger partial charge in [-0.1, -0.05) is 24.3 Å². The Kier molecular flexibility index (Phi) is 4.73. The van der Waals surface area contributed by atoms with Gasteiger partial charge in [0.15, 0.2) is 9.84 Å². The van der Waals surface area contributed by atoms with Crippen LogP contribution in [0.4, 0.5) is 0 Å². The van der Waals surface area contributed by atoms with Crippen molar-refractivity contribution in [3.05, 3.63) is 59.3 Å². The van der Waals surface area contributed by atoms with Crippen molar-refractivity contribution in [1.82, 2.24) is 0 Å². The van der Waals surface area contributed by atoms with Crippen LogP contribution in [0.25, 0.3) is 22.3 Å². The second-order valence-corrected chi connectivity index (χ2v) is 8.21. The topological polar surface area (TPSA) is 43.4 Å². The first-order valence-electron chi connectivity index (χ1n) is 7.59. The molecule has 1 aromatic heterocycles. The Morgan fingerprint density at radius 3 is 1.83 bits per heavy atom. The normalized spacial score (nSPS) is 11.4. The van der Waals surface area contributed by atoms with Gasteiger partial charge in [-0.2, -0.15) is 11.3 Å². The highest BCUT2D eigenvalue weighted by atomic mass is 32.2. The van der Waals surface area contributed by atoms with Crippen LogP contribution in [0.1, 0.15) is 6.92 Å². The number of ether oxygens (including phenoxy) is 1. The van der Waals surface area contributed by atoms with Crippen LogP contribution in [0.2, 0.25) is 0 Å². The van der Waals surface area contributed by atoms with Crippen LogP contribution in [0.15, 0.2) is 64.2 Å². The predicted molar refractivity (Wildman–Crippen MR) is 99.5 cm³/mol. The van der Waals surface area contributed by atoms with E-state index in [-0.39, 0.29) is 0 Å². The zero-order valence-corrected chi connectivity index (χ0v) is 15.2. The molecule has 0 aliphatic heterocycles. The lowest BCUT2D eigenvalue weighted by atomic mass is 9.99. The summed E-state index contributed by atoms with van der Waals surface area (Å²) in [6, 6.07) is 15.0. The predicted octanol–water partition coefficient (Wildman–Crippen LogP) is 4.88. The van der Waals surface area contributed by atoms with Crippen LogP contribution in [0.3, 0.4) is 0 Å². The van der Waals surface area contributed by atoms with Crippen LogP contribution >= 0.6 is 11.3 Å². The minimum Gasteiger partial charge on any atom is -0.494 e. The third-order valence-electron chi connectivity index (χ3n) is 3.73. The Morgan fingerprint density at radius 2 is 1.38 bits per heavy atom. The smallest absolute Gasteiger partial charge is 0.175 e. The third kappa shape index (κ3) is 3.52. The summed E-state index contributed by atoms with van der Waals surface area (Å²) >= 11 is 1.63. The van der Waals surface area contributed by atoms with E-state index < -0.39 is 9.84 Å². The Morgan fingerprint density at radius 1 is 0.875 bits per heavy atom. The van der Waals surface area contributed by atoms with E-state index in [9.17, 15) is 8.42 Å². The van der Waals surface area contributed by atoms with Crippen molar-refractivity contribution in [3.8, 4) is 28.0 Å². The second kappa shape index (κ2) is 6.79. The molecule has 124 valence electrons. The second-order valence-electron chi connectivity index (χ2n) is 5.45. The summed E-state index contributed by atoms with van der Waals surface area (Å²) in [4.78, 5) is 0.337. The summed E-state index contributed by atoms with van der Waals surface area (Å²) in [6.45, 7) is 2.61. The number of hydrogen-bond donors (Lipinski definition) is 0. The number of hydrogen-bond acceptors (Lipinski definition) is 4. The van der Waals surface area contributed by atoms with Gasteiger partial charge in [-0.05, 0) is 53.1 Å². The zero-order valence-electron chi connectivity index (χ0n) is 13.5. The number of sulfone groups is 1. The van der Waals surface area contributed by atoms with Crippen molar-refractivity contribution in [3.63, 3.8) is 0 Å². The molecule has 1 heterocycles. The maximum atomic E-state index is 11.6. The third-order valence-corrected chi connectivity index (χ3v) is 5.60. The maximum absolute atomic E-state index is 11.6. The fourth-order valence-electron chi connectivity index (χ4n) is 2.52. The van der Waals surface area contributed by atoms with Gasteiger partial charge in [0, 0.05) is 17.4 Å². The zero-order chi connectivity index (χ0) is 17.2. The van der Waals surface area contributed by atoms with Gasteiger partial charge in [-0.25, -0.2) is 8.42 Å². The molecule has 0 aliphatic rings. The Balaban J connectivity index is 1.95. The average molecular weight is 358 g/mol. The largest absolute Gasteiger partial charge is 0.494 e. The van der Waals surface area contributed by atoms with Crippen molar-refractivity contribution in [2.45, 2.75) is 11.8 Å². The summed E-state index contributed by atoms with van der Waals surface area (Å²) in [7, 11) is -3.17. The van der Waals surface area contributed by atoms with Crippen molar-refractivity contribution < 1.29 is 13.2 Å². The summed E-state index contributed by atoms with van der Waals surface area (Å²) in [5, 5.41) is 4.19. The van der Waals surface area contributed by atoms with E-state index in [2.05, 4.69) is 10.8 Å². The van der Waals surface area contributed by atoms with Crippen molar-refractivity contribution in [1.29, 1.82) is 0 Å². The molecule has 0 spiro atoms. The van der Waals surface area contributed by atoms with Gasteiger partial charge >= 0.3 is 0 Å². The maximum Gasteiger partial charge on any atom is 0.175 e. The molecular formula is C19H18O3S2. The van der Waals surface area contributed by atoms with Crippen LogP contribution in [-0.2, 0) is 9.84 Å². The molecule has 0 fully saturated rings. The molecule has 0 N–H and O–H groups in total. The lowest BCUT2D eigenvalue weighted by Crippen LogP contribution is -1.96. The molecular weight excluding hydrogens is 340 g/mol. The van der Waals surface area contributed by atoms with Gasteiger partial charge in [0.2, 0.25) is 0 Å². The van der Waals surface area contributed by atoms with Gasteiger partial charge < -0.3 is 4.74 Å². The highest BCUT2D eigenvalue weighted by molar-refractivity contribution is 7.90. The van der Waals surface area contributed by atoms with Gasteiger partial charge in [0.25, 0.3) is 0 Å². The molecule has 3 aromatic rings. The molecule has 0 aliphatic carbocycles. The van der Waals surface area contributed by atoms with E-state index in [1.165, 1.54) is 6.26 Å². The summed E-state index contributed by atoms with van der Waals surface area (Å²) < 4.78 is 28.7. The number of benzene rings is 2. The minimum absolute atomic E-state index is 0.337. The first-order valence-corrected chi connectivity index (χ1v) is 10.4. The van der Waals surface area contributed by atoms with Crippen LogP contribution in [0.5, 0.6) is 5.75 Å². The molecule has 0 saturated carbocycles. The quantitative estimate of drug-likeness (QED) is 0.652. The molecule has 0 atom stereocenters. The lowest BCUT2D eigenvalue weighted by molar-refractivity contribution is 0.340. The van der Waals surface area contributed by atoms with Gasteiger partial charge in [0.05, 0.1) is 11.5 Å². The Hall–Kier alpha value is -2.11. The average Bonchev–Trinajstić information content (AvgIpc) is 3.05. The van der Waals surface area contributed by atoms with Crippen molar-refractivity contribution in [2.24, 2.45) is 0 Å². The molecule has 0 unspecified atom stereocenters. The molecule has 2 aromatic carbocycles. The highest BCUT2D eigenvalue weighted by Gasteiger charge is 2.11. The van der Waals surface area contributed by atoms with Crippen LogP contribution in [-0.4, -0.2) is 21.3 Å². The molecule has 24 heavy (non-hydrogen) atoms. The molecule has 3 nitrogen and oxygen atoms in total. The summed E-state index contributed by atoms with van der Waals surface area (Å²) in [6.07, 6.45) is 1.22. The molecule has 0 bridgehead atoms. The van der Waals surface area contributed by atoms with Crippen molar-refractivity contribution >= 4 is 21.2 Å². The SMILES string of the molecule is CCOc1ccc(-c2cscc2-c2ccc(S(C)(=O)=O)cc2)cc1. The van der Waals surface area contributed by atoms with Crippen LogP contribution < -0.4 is 4.74 Å². The lowest BCUT2D eigenvalue weighted by Gasteiger charge is -2.08. The fourth-order valence-corrected chi connectivity index (χ4v) is 4.02. The molecule has 0 radical (unpaired) electrons. The van der Waals surface area contributed by atoms with E-state index in [0.717, 1.165) is 28.0 Å². The summed E-state index contributed by atoms with van der Waals surface area (Å²) in [5.74, 6) is 0.857. The van der Waals surface area contributed by atoms with Gasteiger partial charge in [0.1, 0.15) is 5.75 Å². The van der Waals surface area contributed by atoms with Gasteiger partial charge in [-0.3, -0.25) is 0 Å². The minimum atomic E-state index is -3.17. The fraction of sp³-hybridized carbons (Fsp3) is 0.158. The van der Waals surface area contributed by atoms with Crippen LogP contribution in [0, 0.1) is 0 Å². The van der Waals surface area contributed by atoms with E-state index in [0.29, 0.717) is 11.5 Å². The summed E-state index contributed by atoms with van der Waals surface area (Å²) in [5.41, 5.74) is 4.36. The highest BCUT2D eigenvalue weighted by Crippen LogP contribution is 2.36. The van der Waals surface area contributed by atoms with E-state index in [1.54, 1.807) is 23.5 Å². The Bertz CT molecular complexity index is 922. The molecule has 0 amide bonds. The van der Waals surface area contributed by atoms with E-state index in [1.807, 2.05) is 43.3 Å². The Labute approximate surface area is 146 Å². The molecule has 5 heteroatoms. The standard InChI is InChI=1S/C19H18O3S2/c1-3-22-16-8-4-14(5-9-16)18-12-23-13-19(18)15-6-10-17(11-7-15)24(2,20)21/h4-13H,3H2,1-2H3. The molecule has 0 saturated heterocycles.